The van der Waals surface area contributed by atoms with Crippen molar-refractivity contribution < 1.29 is 19.1 Å². The van der Waals surface area contributed by atoms with Crippen molar-refractivity contribution in [3.8, 4) is 0 Å². The van der Waals surface area contributed by atoms with Crippen LogP contribution >= 0.6 is 23.2 Å². The molecule has 0 aromatic heterocycles. The van der Waals surface area contributed by atoms with Crippen molar-refractivity contribution in [1.29, 1.82) is 0 Å². The zero-order valence-corrected chi connectivity index (χ0v) is 16.9. The molecule has 0 saturated heterocycles. The lowest BCUT2D eigenvalue weighted by Crippen LogP contribution is -2.25. The number of ether oxygens (including phenoxy) is 2. The molecule has 27 heavy (non-hydrogen) atoms. The summed E-state index contributed by atoms with van der Waals surface area (Å²) in [5, 5.41) is 4.08. The molecule has 0 spiro atoms. The van der Waals surface area contributed by atoms with Gasteiger partial charge in [0.05, 0.1) is 27.6 Å². The highest BCUT2D eigenvalue weighted by Gasteiger charge is 2.23. The average Bonchev–Trinajstić information content (AvgIpc) is 2.58. The molecule has 0 aliphatic carbocycles. The average molecular weight is 410 g/mol. The summed E-state index contributed by atoms with van der Waals surface area (Å²) in [5.74, 6) is -0.957. The summed E-state index contributed by atoms with van der Waals surface area (Å²) >= 11 is 12.4. The van der Waals surface area contributed by atoms with Gasteiger partial charge in [0.1, 0.15) is 0 Å². The highest BCUT2D eigenvalue weighted by molar-refractivity contribution is 6.39. The quantitative estimate of drug-likeness (QED) is 0.513. The molecular formula is C20H21Cl2NO4. The number of carbonyl (C=O) groups is 2. The van der Waals surface area contributed by atoms with E-state index in [1.807, 2.05) is 18.2 Å². The smallest absolute Gasteiger partial charge is 0.314 e. The molecule has 0 radical (unpaired) electrons. The molecule has 0 atom stereocenters. The second-order valence-corrected chi connectivity index (χ2v) is 7.69. The van der Waals surface area contributed by atoms with Gasteiger partial charge in [-0.3, -0.25) is 9.59 Å². The summed E-state index contributed by atoms with van der Waals surface area (Å²) in [6, 6.07) is 12.4. The minimum Gasteiger partial charge on any atom is -0.428 e. The number of esters is 2. The Kier molecular flexibility index (Phi) is 7.11. The maximum atomic E-state index is 12.1. The Balaban J connectivity index is 2.01. The maximum Gasteiger partial charge on any atom is 0.314 e. The third-order valence-electron chi connectivity index (χ3n) is 3.60. The van der Waals surface area contributed by atoms with Crippen LogP contribution in [-0.2, 0) is 25.5 Å². The molecule has 2 rings (SSSR count). The van der Waals surface area contributed by atoms with Gasteiger partial charge >= 0.3 is 11.9 Å². The third kappa shape index (κ3) is 6.15. The van der Waals surface area contributed by atoms with E-state index in [1.165, 1.54) is 0 Å². The van der Waals surface area contributed by atoms with Crippen molar-refractivity contribution in [2.45, 2.75) is 27.2 Å². The van der Waals surface area contributed by atoms with Crippen LogP contribution in [0.4, 0.5) is 11.4 Å². The van der Waals surface area contributed by atoms with Crippen LogP contribution in [0, 0.1) is 5.41 Å². The Morgan fingerprint density at radius 1 is 0.963 bits per heavy atom. The normalized spacial score (nSPS) is 11.0. The first-order valence-electron chi connectivity index (χ1n) is 8.30. The highest BCUT2D eigenvalue weighted by Crippen LogP contribution is 2.33. The molecule has 0 saturated carbocycles. The molecule has 0 heterocycles. The van der Waals surface area contributed by atoms with Crippen LogP contribution in [0.1, 0.15) is 26.3 Å². The number of carbonyl (C=O) groups excluding carboxylic acids is 2. The lowest BCUT2D eigenvalue weighted by Gasteiger charge is -2.17. The summed E-state index contributed by atoms with van der Waals surface area (Å²) in [7, 11) is 0. The van der Waals surface area contributed by atoms with Crippen LogP contribution in [0.3, 0.4) is 0 Å². The Labute approximate surface area is 168 Å². The van der Waals surface area contributed by atoms with E-state index >= 15 is 0 Å². The zero-order chi connectivity index (χ0) is 20.0. The van der Waals surface area contributed by atoms with Crippen LogP contribution < -0.4 is 5.32 Å². The summed E-state index contributed by atoms with van der Waals surface area (Å²) < 4.78 is 9.94. The number of halogens is 2. The molecule has 0 unspecified atom stereocenters. The first-order valence-corrected chi connectivity index (χ1v) is 9.06. The van der Waals surface area contributed by atoms with Gasteiger partial charge in [-0.1, -0.05) is 47.5 Å². The monoisotopic (exact) mass is 409 g/mol. The molecule has 7 heteroatoms. The minimum absolute atomic E-state index is 0.00167. The number of para-hydroxylation sites is 2. The molecule has 144 valence electrons. The van der Waals surface area contributed by atoms with Gasteiger partial charge in [0.2, 0.25) is 6.79 Å². The largest absolute Gasteiger partial charge is 0.428 e. The van der Waals surface area contributed by atoms with Gasteiger partial charge in [0, 0.05) is 5.69 Å². The number of anilines is 2. The number of rotatable bonds is 6. The van der Waals surface area contributed by atoms with Crippen molar-refractivity contribution in [1.82, 2.24) is 0 Å². The van der Waals surface area contributed by atoms with Crippen LogP contribution in [0.5, 0.6) is 0 Å². The van der Waals surface area contributed by atoms with Crippen LogP contribution in [0.15, 0.2) is 42.5 Å². The predicted molar refractivity (Wildman–Crippen MR) is 106 cm³/mol. The summed E-state index contributed by atoms with van der Waals surface area (Å²) in [6.45, 7) is 4.75. The van der Waals surface area contributed by atoms with E-state index < -0.39 is 24.1 Å². The second kappa shape index (κ2) is 9.11. The number of nitrogens with one attached hydrogen (secondary N) is 1. The summed E-state index contributed by atoms with van der Waals surface area (Å²) in [4.78, 5) is 23.8. The van der Waals surface area contributed by atoms with Gasteiger partial charge in [0.15, 0.2) is 0 Å². The van der Waals surface area contributed by atoms with Crippen LogP contribution in [0.2, 0.25) is 10.0 Å². The van der Waals surface area contributed by atoms with E-state index in [4.69, 9.17) is 32.7 Å². The fourth-order valence-corrected chi connectivity index (χ4v) is 2.61. The zero-order valence-electron chi connectivity index (χ0n) is 15.3. The summed E-state index contributed by atoms with van der Waals surface area (Å²) in [5.41, 5.74) is 1.27. The molecule has 5 nitrogen and oxygen atoms in total. The van der Waals surface area contributed by atoms with Crippen molar-refractivity contribution >= 4 is 46.5 Å². The second-order valence-electron chi connectivity index (χ2n) is 6.87. The molecular weight excluding hydrogens is 389 g/mol. The number of hydrogen-bond donors (Lipinski definition) is 1. The van der Waals surface area contributed by atoms with Crippen molar-refractivity contribution in [3.05, 3.63) is 58.1 Å². The van der Waals surface area contributed by atoms with Gasteiger partial charge in [-0.15, -0.1) is 0 Å². The number of benzene rings is 2. The molecule has 0 aliphatic rings. The van der Waals surface area contributed by atoms with E-state index in [9.17, 15) is 9.59 Å². The highest BCUT2D eigenvalue weighted by atomic mass is 35.5. The topological polar surface area (TPSA) is 64.6 Å². The first-order chi connectivity index (χ1) is 12.7. The molecule has 0 bridgehead atoms. The minimum atomic E-state index is -0.656. The third-order valence-corrected chi connectivity index (χ3v) is 4.23. The fourth-order valence-electron chi connectivity index (χ4n) is 2.12. The van der Waals surface area contributed by atoms with Crippen molar-refractivity contribution in [3.63, 3.8) is 0 Å². The molecule has 0 amide bonds. The molecule has 2 aromatic rings. The maximum absolute atomic E-state index is 12.1. The van der Waals surface area contributed by atoms with Gasteiger partial charge in [-0.25, -0.2) is 0 Å². The van der Waals surface area contributed by atoms with Crippen LogP contribution in [0.25, 0.3) is 0 Å². The van der Waals surface area contributed by atoms with Crippen molar-refractivity contribution in [2.24, 2.45) is 5.41 Å². The fraction of sp³-hybridized carbons (Fsp3) is 0.300. The van der Waals surface area contributed by atoms with Gasteiger partial charge in [0.25, 0.3) is 0 Å². The van der Waals surface area contributed by atoms with Crippen LogP contribution in [-0.4, -0.2) is 18.7 Å². The molecule has 0 fully saturated rings. The van der Waals surface area contributed by atoms with Gasteiger partial charge in [-0.05, 0) is 44.5 Å². The Hall–Kier alpha value is -2.24. The summed E-state index contributed by atoms with van der Waals surface area (Å²) in [6.07, 6.45) is -0.00167. The first kappa shape index (κ1) is 21.1. The van der Waals surface area contributed by atoms with Gasteiger partial charge in [-0.2, -0.15) is 0 Å². The number of hydrogen-bond acceptors (Lipinski definition) is 5. The van der Waals surface area contributed by atoms with Gasteiger partial charge < -0.3 is 14.8 Å². The van der Waals surface area contributed by atoms with E-state index in [0.717, 1.165) is 0 Å². The van der Waals surface area contributed by atoms with Crippen molar-refractivity contribution in [2.75, 3.05) is 12.1 Å². The van der Waals surface area contributed by atoms with E-state index in [2.05, 4.69) is 5.32 Å². The standard InChI is InChI=1S/C20H21Cl2NO4/c1-20(2,3)19(25)27-12-26-17(24)11-13-7-4-5-10-16(13)23-18-14(21)8-6-9-15(18)22/h4-10,23H,11-12H2,1-3H3. The van der Waals surface area contributed by atoms with E-state index in [1.54, 1.807) is 45.0 Å². The Bertz CT molecular complexity index is 811. The predicted octanol–water partition coefficient (Wildman–Crippen LogP) is 5.37. The molecule has 1 N–H and O–H groups in total. The molecule has 0 aliphatic heterocycles. The van der Waals surface area contributed by atoms with E-state index in [0.29, 0.717) is 27.0 Å². The molecule has 2 aromatic carbocycles. The SMILES string of the molecule is CC(C)(C)C(=O)OCOC(=O)Cc1ccccc1Nc1c(Cl)cccc1Cl. The van der Waals surface area contributed by atoms with E-state index in [-0.39, 0.29) is 6.42 Å². The Morgan fingerprint density at radius 3 is 2.22 bits per heavy atom. The Morgan fingerprint density at radius 2 is 1.59 bits per heavy atom. The lowest BCUT2D eigenvalue weighted by molar-refractivity contribution is -0.172. The lowest BCUT2D eigenvalue weighted by atomic mass is 9.98.